The number of benzene rings is 3. The van der Waals surface area contributed by atoms with E-state index in [-0.39, 0.29) is 16.7 Å². The topological polar surface area (TPSA) is 57.6 Å². The van der Waals surface area contributed by atoms with E-state index in [1.807, 2.05) is 74.5 Å². The predicted octanol–water partition coefficient (Wildman–Crippen LogP) is 7.35. The molecule has 1 saturated heterocycles. The summed E-state index contributed by atoms with van der Waals surface area (Å²) in [5.41, 5.74) is 6.41. The van der Waals surface area contributed by atoms with Crippen LogP contribution in [0.3, 0.4) is 0 Å². The van der Waals surface area contributed by atoms with Gasteiger partial charge < -0.3 is 5.11 Å². The van der Waals surface area contributed by atoms with Crippen LogP contribution in [0.4, 0.5) is 5.69 Å². The highest BCUT2D eigenvalue weighted by Gasteiger charge is 2.47. The van der Waals surface area contributed by atoms with Crippen LogP contribution < -0.4 is 4.90 Å². The van der Waals surface area contributed by atoms with Gasteiger partial charge in [-0.15, -0.1) is 0 Å². The predicted molar refractivity (Wildman–Crippen MR) is 146 cm³/mol. The van der Waals surface area contributed by atoms with Crippen molar-refractivity contribution in [3.8, 4) is 0 Å². The van der Waals surface area contributed by atoms with E-state index in [0.717, 1.165) is 27.8 Å². The average molecular weight is 482 g/mol. The highest BCUT2D eigenvalue weighted by Crippen LogP contribution is 2.43. The molecular weight excluding hydrogens is 446 g/mol. The molecule has 36 heavy (non-hydrogen) atoms. The summed E-state index contributed by atoms with van der Waals surface area (Å²) in [6, 6.07) is 20.6. The molecular formula is C32H35NO3. The Balaban J connectivity index is 1.91. The van der Waals surface area contributed by atoms with Crippen LogP contribution in [0, 0.1) is 13.8 Å². The lowest BCUT2D eigenvalue weighted by Gasteiger charge is -2.27. The number of aliphatic hydroxyl groups excluding tert-OH is 1. The van der Waals surface area contributed by atoms with Gasteiger partial charge in [-0.05, 0) is 71.2 Å². The van der Waals surface area contributed by atoms with Gasteiger partial charge >= 0.3 is 0 Å². The largest absolute Gasteiger partial charge is 0.507 e. The average Bonchev–Trinajstić information content (AvgIpc) is 3.10. The zero-order chi connectivity index (χ0) is 26.4. The van der Waals surface area contributed by atoms with E-state index in [2.05, 4.69) is 34.6 Å². The summed E-state index contributed by atoms with van der Waals surface area (Å²) in [6.07, 6.45) is 0. The van der Waals surface area contributed by atoms with E-state index in [4.69, 9.17) is 0 Å². The molecule has 4 nitrogen and oxygen atoms in total. The summed E-state index contributed by atoms with van der Waals surface area (Å²) in [5, 5.41) is 11.4. The lowest BCUT2D eigenvalue weighted by atomic mass is 9.85. The third kappa shape index (κ3) is 4.60. The Morgan fingerprint density at radius 2 is 1.47 bits per heavy atom. The van der Waals surface area contributed by atoms with Crippen LogP contribution in [0.25, 0.3) is 5.76 Å². The van der Waals surface area contributed by atoms with Crippen molar-refractivity contribution >= 4 is 23.1 Å². The lowest BCUT2D eigenvalue weighted by Crippen LogP contribution is -2.29. The Bertz CT molecular complexity index is 1340. The van der Waals surface area contributed by atoms with Gasteiger partial charge in [0.15, 0.2) is 0 Å². The van der Waals surface area contributed by atoms with E-state index in [0.29, 0.717) is 17.2 Å². The smallest absolute Gasteiger partial charge is 0.300 e. The molecule has 1 aliphatic rings. The van der Waals surface area contributed by atoms with Crippen LogP contribution in [0.15, 0.2) is 72.3 Å². The van der Waals surface area contributed by atoms with Crippen LogP contribution in [0.5, 0.6) is 0 Å². The molecule has 1 atom stereocenters. The van der Waals surface area contributed by atoms with Gasteiger partial charge in [-0.2, -0.15) is 0 Å². The molecule has 1 amide bonds. The molecule has 1 N–H and O–H groups in total. The number of ketones is 1. The maximum absolute atomic E-state index is 13.4. The number of hydrogen-bond acceptors (Lipinski definition) is 3. The summed E-state index contributed by atoms with van der Waals surface area (Å²) < 4.78 is 0. The monoisotopic (exact) mass is 481 g/mol. The standard InChI is InChI=1S/C32H35NO3/c1-19(2)22-12-16-26(17-13-22)33-28(23-10-14-25(15-11-23)32(5,6)7)27(30(35)31(33)36)29(34)24-9-8-20(3)21(4)18-24/h8-19,28,34H,1-7H3/b29-27-. The van der Waals surface area contributed by atoms with Gasteiger partial charge in [-0.25, -0.2) is 0 Å². The van der Waals surface area contributed by atoms with Crippen molar-refractivity contribution in [3.05, 3.63) is 106 Å². The Morgan fingerprint density at radius 3 is 2.00 bits per heavy atom. The number of aryl methyl sites for hydroxylation is 2. The highest BCUT2D eigenvalue weighted by atomic mass is 16.3. The fourth-order valence-corrected chi connectivity index (χ4v) is 4.64. The quantitative estimate of drug-likeness (QED) is 0.241. The number of aliphatic hydroxyl groups is 1. The molecule has 1 heterocycles. The van der Waals surface area contributed by atoms with Crippen molar-refractivity contribution < 1.29 is 14.7 Å². The normalized spacial score (nSPS) is 17.8. The lowest BCUT2D eigenvalue weighted by molar-refractivity contribution is -0.132. The SMILES string of the molecule is Cc1ccc(/C(O)=C2/C(=O)C(=O)N(c3ccc(C(C)C)cc3)C2c2ccc(C(C)(C)C)cc2)cc1C. The van der Waals surface area contributed by atoms with Crippen molar-refractivity contribution in [2.24, 2.45) is 0 Å². The van der Waals surface area contributed by atoms with E-state index in [1.165, 1.54) is 4.90 Å². The molecule has 0 radical (unpaired) electrons. The molecule has 3 aromatic carbocycles. The Kier molecular flexibility index (Phi) is 6.66. The molecule has 4 rings (SSSR count). The number of nitrogens with zero attached hydrogens (tertiary/aromatic N) is 1. The van der Waals surface area contributed by atoms with Crippen molar-refractivity contribution in [2.75, 3.05) is 4.90 Å². The van der Waals surface area contributed by atoms with Crippen molar-refractivity contribution in [3.63, 3.8) is 0 Å². The molecule has 4 heteroatoms. The molecule has 0 saturated carbocycles. The first kappa shape index (κ1) is 25.4. The summed E-state index contributed by atoms with van der Waals surface area (Å²) >= 11 is 0. The van der Waals surface area contributed by atoms with E-state index >= 15 is 0 Å². The third-order valence-corrected chi connectivity index (χ3v) is 7.16. The minimum Gasteiger partial charge on any atom is -0.507 e. The van der Waals surface area contributed by atoms with Gasteiger partial charge in [0.1, 0.15) is 5.76 Å². The highest BCUT2D eigenvalue weighted by molar-refractivity contribution is 6.51. The van der Waals surface area contributed by atoms with Gasteiger partial charge in [-0.1, -0.05) is 83.1 Å². The molecule has 1 unspecified atom stereocenters. The van der Waals surface area contributed by atoms with E-state index in [9.17, 15) is 14.7 Å². The molecule has 0 bridgehead atoms. The molecule has 0 aliphatic carbocycles. The Labute approximate surface area is 214 Å². The van der Waals surface area contributed by atoms with Gasteiger partial charge in [-0.3, -0.25) is 14.5 Å². The van der Waals surface area contributed by atoms with Crippen molar-refractivity contribution in [1.29, 1.82) is 0 Å². The molecule has 3 aromatic rings. The molecule has 1 aliphatic heterocycles. The number of carbonyl (C=O) groups is 2. The van der Waals surface area contributed by atoms with Gasteiger partial charge in [0.25, 0.3) is 11.7 Å². The number of amides is 1. The maximum atomic E-state index is 13.4. The number of rotatable bonds is 4. The number of anilines is 1. The zero-order valence-corrected chi connectivity index (χ0v) is 22.2. The van der Waals surface area contributed by atoms with Crippen LogP contribution in [-0.4, -0.2) is 16.8 Å². The van der Waals surface area contributed by atoms with Crippen LogP contribution >= 0.6 is 0 Å². The fourth-order valence-electron chi connectivity index (χ4n) is 4.64. The summed E-state index contributed by atoms with van der Waals surface area (Å²) in [6.45, 7) is 14.6. The Morgan fingerprint density at radius 1 is 0.861 bits per heavy atom. The fraction of sp³-hybridized carbons (Fsp3) is 0.312. The second kappa shape index (κ2) is 9.42. The minimum atomic E-state index is -0.731. The van der Waals surface area contributed by atoms with Gasteiger partial charge in [0.2, 0.25) is 0 Å². The molecule has 0 aromatic heterocycles. The van der Waals surface area contributed by atoms with Crippen LogP contribution in [-0.2, 0) is 15.0 Å². The number of Topliss-reactive ketones (excluding diaryl/α,β-unsaturated/α-hetero) is 1. The minimum absolute atomic E-state index is 0.0353. The second-order valence-corrected chi connectivity index (χ2v) is 11.1. The first-order valence-electron chi connectivity index (χ1n) is 12.5. The number of hydrogen-bond donors (Lipinski definition) is 1. The summed E-state index contributed by atoms with van der Waals surface area (Å²) in [7, 11) is 0. The van der Waals surface area contributed by atoms with Gasteiger partial charge in [0, 0.05) is 11.3 Å². The second-order valence-electron chi connectivity index (χ2n) is 11.1. The summed E-state index contributed by atoms with van der Waals surface area (Å²) in [5.74, 6) is -1.12. The molecule has 186 valence electrons. The van der Waals surface area contributed by atoms with Crippen molar-refractivity contribution in [1.82, 2.24) is 0 Å². The molecule has 0 spiro atoms. The summed E-state index contributed by atoms with van der Waals surface area (Å²) in [4.78, 5) is 28.4. The third-order valence-electron chi connectivity index (χ3n) is 7.16. The van der Waals surface area contributed by atoms with Gasteiger partial charge in [0.05, 0.1) is 11.6 Å². The van der Waals surface area contributed by atoms with Crippen LogP contribution in [0.1, 0.15) is 80.0 Å². The van der Waals surface area contributed by atoms with Crippen molar-refractivity contribution in [2.45, 2.75) is 65.8 Å². The Hall–Kier alpha value is -3.66. The zero-order valence-electron chi connectivity index (χ0n) is 22.2. The van der Waals surface area contributed by atoms with E-state index in [1.54, 1.807) is 6.07 Å². The first-order chi connectivity index (χ1) is 16.9. The maximum Gasteiger partial charge on any atom is 0.300 e. The molecule has 1 fully saturated rings. The number of carbonyl (C=O) groups excluding carboxylic acids is 2. The van der Waals surface area contributed by atoms with E-state index < -0.39 is 17.7 Å². The van der Waals surface area contributed by atoms with Crippen LogP contribution in [0.2, 0.25) is 0 Å². The first-order valence-corrected chi connectivity index (χ1v) is 12.5.